The molecule has 6 heteroatoms. The lowest BCUT2D eigenvalue weighted by Crippen LogP contribution is -2.62. The van der Waals surface area contributed by atoms with Crippen LogP contribution in [0.5, 0.6) is 0 Å². The Labute approximate surface area is 120 Å². The van der Waals surface area contributed by atoms with Gasteiger partial charge in [-0.15, -0.1) is 11.8 Å². The van der Waals surface area contributed by atoms with E-state index in [9.17, 15) is 4.79 Å². The summed E-state index contributed by atoms with van der Waals surface area (Å²) >= 11 is 1.60. The zero-order chi connectivity index (χ0) is 14.1. The zero-order valence-electron chi connectivity index (χ0n) is 12.0. The fraction of sp³-hybridized carbons (Fsp3) is 0.769. The molecule has 0 bridgehead atoms. The third-order valence-electron chi connectivity index (χ3n) is 3.46. The average Bonchev–Trinajstić information content (AvgIpc) is 2.38. The second kappa shape index (κ2) is 9.23. The summed E-state index contributed by atoms with van der Waals surface area (Å²) in [5, 5.41) is 5.10. The van der Waals surface area contributed by atoms with Crippen molar-refractivity contribution in [1.29, 1.82) is 0 Å². The summed E-state index contributed by atoms with van der Waals surface area (Å²) in [7, 11) is 0. The summed E-state index contributed by atoms with van der Waals surface area (Å²) in [6, 6.07) is 0.730. The molecule has 5 nitrogen and oxygen atoms in total. The molecule has 2 rings (SSSR count). The molecule has 2 aliphatic rings. The smallest absolute Gasteiger partial charge is 0.222 e. The van der Waals surface area contributed by atoms with Crippen molar-refractivity contribution in [2.24, 2.45) is 5.73 Å². The Morgan fingerprint density at radius 3 is 2.32 bits per heavy atom. The van der Waals surface area contributed by atoms with Gasteiger partial charge in [-0.3, -0.25) is 9.69 Å². The van der Waals surface area contributed by atoms with Crippen LogP contribution in [0.1, 0.15) is 13.3 Å². The summed E-state index contributed by atoms with van der Waals surface area (Å²) in [4.78, 5) is 15.9. The van der Waals surface area contributed by atoms with Gasteiger partial charge in [0.05, 0.1) is 0 Å². The predicted molar refractivity (Wildman–Crippen MR) is 81.9 cm³/mol. The normalized spacial score (nSPS) is 20.8. The molecule has 2 saturated heterocycles. The third-order valence-corrected chi connectivity index (χ3v) is 3.89. The van der Waals surface area contributed by atoms with Crippen LogP contribution in [0.2, 0.25) is 0 Å². The Balaban J connectivity index is 0.000000312. The molecule has 110 valence electrons. The summed E-state index contributed by atoms with van der Waals surface area (Å²) in [5.74, 6) is 0.302. The minimum Gasteiger partial charge on any atom is -0.404 e. The van der Waals surface area contributed by atoms with Gasteiger partial charge >= 0.3 is 0 Å². The van der Waals surface area contributed by atoms with Crippen LogP contribution in [0.3, 0.4) is 0 Å². The van der Waals surface area contributed by atoms with E-state index in [4.69, 9.17) is 5.73 Å². The van der Waals surface area contributed by atoms with E-state index in [2.05, 4.69) is 10.2 Å². The van der Waals surface area contributed by atoms with Gasteiger partial charge in [-0.05, 0) is 11.7 Å². The molecule has 0 aromatic rings. The Hall–Kier alpha value is -0.720. The number of carbonyl (C=O) groups excluding carboxylic acids is 1. The molecular formula is C13H26N4OS. The maximum atomic E-state index is 11.4. The van der Waals surface area contributed by atoms with Crippen LogP contribution < -0.4 is 11.1 Å². The van der Waals surface area contributed by atoms with Crippen LogP contribution in [0.4, 0.5) is 0 Å². The van der Waals surface area contributed by atoms with Gasteiger partial charge in [-0.2, -0.15) is 0 Å². The molecule has 0 aromatic heterocycles. The highest BCUT2D eigenvalue weighted by Gasteiger charge is 2.28. The first-order valence-electron chi connectivity index (χ1n) is 6.85. The lowest BCUT2D eigenvalue weighted by atomic mass is 10.1. The van der Waals surface area contributed by atoms with Crippen molar-refractivity contribution in [3.05, 3.63) is 11.6 Å². The number of nitrogens with one attached hydrogen (secondary N) is 1. The molecule has 0 saturated carbocycles. The van der Waals surface area contributed by atoms with Crippen LogP contribution >= 0.6 is 11.8 Å². The van der Waals surface area contributed by atoms with Crippen molar-refractivity contribution in [3.63, 3.8) is 0 Å². The quantitative estimate of drug-likeness (QED) is 0.781. The minimum atomic E-state index is 0.302. The molecule has 0 aliphatic carbocycles. The second-order valence-corrected chi connectivity index (χ2v) is 5.39. The number of amides is 1. The van der Waals surface area contributed by atoms with Crippen LogP contribution in [-0.4, -0.2) is 67.3 Å². The molecule has 2 heterocycles. The third kappa shape index (κ3) is 5.42. The maximum Gasteiger partial charge on any atom is 0.222 e. The number of nitrogens with two attached hydrogens (primary N) is 1. The van der Waals surface area contributed by atoms with Gasteiger partial charge in [-0.25, -0.2) is 0 Å². The van der Waals surface area contributed by atoms with Gasteiger partial charge in [-0.1, -0.05) is 6.92 Å². The van der Waals surface area contributed by atoms with E-state index in [1.165, 1.54) is 6.20 Å². The molecule has 0 spiro atoms. The molecule has 0 unspecified atom stereocenters. The summed E-state index contributed by atoms with van der Waals surface area (Å²) < 4.78 is 0. The average molecular weight is 286 g/mol. The predicted octanol–water partition coefficient (Wildman–Crippen LogP) is 0.292. The SMILES string of the molecule is CCC(=O)N1CCN(C2CNC2)CC1.CS/C=C\N. The van der Waals surface area contributed by atoms with Gasteiger partial charge in [0, 0.05) is 57.9 Å². The fourth-order valence-electron chi connectivity index (χ4n) is 2.17. The number of carbonyl (C=O) groups is 1. The summed E-state index contributed by atoms with van der Waals surface area (Å²) in [6.07, 6.45) is 4.12. The van der Waals surface area contributed by atoms with Crippen LogP contribution in [0, 0.1) is 0 Å². The van der Waals surface area contributed by atoms with Crippen molar-refractivity contribution in [2.45, 2.75) is 19.4 Å². The summed E-state index contributed by atoms with van der Waals surface area (Å²) in [6.45, 7) is 8.14. The van der Waals surface area contributed by atoms with Gasteiger partial charge in [0.2, 0.25) is 5.91 Å². The first kappa shape index (κ1) is 16.3. The Morgan fingerprint density at radius 2 is 2.00 bits per heavy atom. The maximum absolute atomic E-state index is 11.4. The number of piperazine rings is 1. The Morgan fingerprint density at radius 1 is 1.37 bits per heavy atom. The molecule has 19 heavy (non-hydrogen) atoms. The zero-order valence-corrected chi connectivity index (χ0v) is 12.8. The van der Waals surface area contributed by atoms with E-state index in [0.29, 0.717) is 12.3 Å². The van der Waals surface area contributed by atoms with E-state index < -0.39 is 0 Å². The van der Waals surface area contributed by atoms with E-state index in [0.717, 1.165) is 45.3 Å². The fourth-order valence-corrected chi connectivity index (χ4v) is 2.33. The van der Waals surface area contributed by atoms with Crippen molar-refractivity contribution in [2.75, 3.05) is 45.5 Å². The van der Waals surface area contributed by atoms with E-state index >= 15 is 0 Å². The van der Waals surface area contributed by atoms with E-state index in [1.807, 2.05) is 23.5 Å². The Bertz CT molecular complexity index is 286. The Kier molecular flexibility index (Phi) is 7.93. The standard InChI is InChI=1S/C10H19N3O.C3H7NS/c1-2-10(14)13-5-3-12(4-6-13)9-7-11-8-9;1-5-3-2-4/h9,11H,2-8H2,1H3;2-3H,4H2,1H3/b;3-2-. The number of hydrogen-bond acceptors (Lipinski definition) is 5. The molecule has 2 aliphatic heterocycles. The van der Waals surface area contributed by atoms with E-state index in [-0.39, 0.29) is 0 Å². The monoisotopic (exact) mass is 286 g/mol. The van der Waals surface area contributed by atoms with Gasteiger partial charge in [0.25, 0.3) is 0 Å². The van der Waals surface area contributed by atoms with E-state index in [1.54, 1.807) is 11.8 Å². The van der Waals surface area contributed by atoms with Crippen LogP contribution in [0.15, 0.2) is 11.6 Å². The van der Waals surface area contributed by atoms with Crippen molar-refractivity contribution < 1.29 is 4.79 Å². The largest absolute Gasteiger partial charge is 0.404 e. The highest BCUT2D eigenvalue weighted by molar-refractivity contribution is 8.01. The number of rotatable bonds is 3. The molecular weight excluding hydrogens is 260 g/mol. The highest BCUT2D eigenvalue weighted by atomic mass is 32.2. The lowest BCUT2D eigenvalue weighted by Gasteiger charge is -2.43. The summed E-state index contributed by atoms with van der Waals surface area (Å²) in [5.41, 5.74) is 4.94. The van der Waals surface area contributed by atoms with Crippen LogP contribution in [-0.2, 0) is 4.79 Å². The second-order valence-electron chi connectivity index (χ2n) is 4.65. The topological polar surface area (TPSA) is 61.6 Å². The number of nitrogens with zero attached hydrogens (tertiary/aromatic N) is 2. The van der Waals surface area contributed by atoms with Crippen molar-refractivity contribution in [1.82, 2.24) is 15.1 Å². The van der Waals surface area contributed by atoms with Crippen LogP contribution in [0.25, 0.3) is 0 Å². The molecule has 0 aromatic carbocycles. The van der Waals surface area contributed by atoms with Gasteiger partial charge in [0.15, 0.2) is 0 Å². The molecule has 0 radical (unpaired) electrons. The molecule has 3 N–H and O–H groups in total. The van der Waals surface area contributed by atoms with Crippen molar-refractivity contribution >= 4 is 17.7 Å². The molecule has 0 atom stereocenters. The van der Waals surface area contributed by atoms with Gasteiger partial charge in [0.1, 0.15) is 0 Å². The van der Waals surface area contributed by atoms with Gasteiger partial charge < -0.3 is 16.0 Å². The number of thioether (sulfide) groups is 1. The first-order chi connectivity index (χ1) is 9.22. The lowest BCUT2D eigenvalue weighted by molar-refractivity contribution is -0.133. The molecule has 2 fully saturated rings. The first-order valence-corrected chi connectivity index (χ1v) is 8.13. The number of hydrogen-bond donors (Lipinski definition) is 2. The highest BCUT2D eigenvalue weighted by Crippen LogP contribution is 2.10. The minimum absolute atomic E-state index is 0.302. The van der Waals surface area contributed by atoms with Crippen molar-refractivity contribution in [3.8, 4) is 0 Å². The molecule has 1 amide bonds.